The van der Waals surface area contributed by atoms with Crippen molar-refractivity contribution in [1.29, 1.82) is 0 Å². The van der Waals surface area contributed by atoms with Crippen molar-refractivity contribution in [2.45, 2.75) is 13.3 Å². The van der Waals surface area contributed by atoms with Gasteiger partial charge >= 0.3 is 0 Å². The van der Waals surface area contributed by atoms with Crippen molar-refractivity contribution in [2.24, 2.45) is 0 Å². The number of aromatic nitrogens is 5. The highest BCUT2D eigenvalue weighted by Gasteiger charge is 2.19. The molecule has 0 aliphatic heterocycles. The van der Waals surface area contributed by atoms with Gasteiger partial charge in [0.15, 0.2) is 11.5 Å². The molecule has 2 heterocycles. The highest BCUT2D eigenvalue weighted by Crippen LogP contribution is 2.26. The van der Waals surface area contributed by atoms with E-state index in [2.05, 4.69) is 33.4 Å². The van der Waals surface area contributed by atoms with E-state index in [1.165, 1.54) is 5.56 Å². The van der Waals surface area contributed by atoms with Gasteiger partial charge in [-0.15, -0.1) is 5.10 Å². The molecule has 124 valence electrons. The molecule has 25 heavy (non-hydrogen) atoms. The Bertz CT molecular complexity index is 1010. The molecule has 0 bridgehead atoms. The average Bonchev–Trinajstić information content (AvgIpc) is 3.29. The average molecular weight is 332 g/mol. The zero-order valence-corrected chi connectivity index (χ0v) is 13.6. The summed E-state index contributed by atoms with van der Waals surface area (Å²) >= 11 is 0. The lowest BCUT2D eigenvalue weighted by Gasteiger charge is -2.04. The van der Waals surface area contributed by atoms with Crippen LogP contribution in [0.15, 0.2) is 59.1 Å². The lowest BCUT2D eigenvalue weighted by Crippen LogP contribution is -2.02. The molecule has 0 aliphatic carbocycles. The van der Waals surface area contributed by atoms with Crippen LogP contribution in [0.3, 0.4) is 0 Å². The summed E-state index contributed by atoms with van der Waals surface area (Å²) in [6, 6.07) is 17.5. The van der Waals surface area contributed by atoms with Crippen molar-refractivity contribution in [2.75, 3.05) is 5.73 Å². The van der Waals surface area contributed by atoms with Crippen LogP contribution in [0.2, 0.25) is 0 Å². The van der Waals surface area contributed by atoms with Gasteiger partial charge in [-0.1, -0.05) is 59.8 Å². The second kappa shape index (κ2) is 6.20. The van der Waals surface area contributed by atoms with Crippen LogP contribution < -0.4 is 5.73 Å². The molecule has 4 rings (SSSR count). The third kappa shape index (κ3) is 2.76. The first kappa shape index (κ1) is 15.1. The van der Waals surface area contributed by atoms with Crippen LogP contribution in [0.4, 0.5) is 5.82 Å². The highest BCUT2D eigenvalue weighted by molar-refractivity contribution is 5.66. The number of hydrogen-bond acceptors (Lipinski definition) is 6. The van der Waals surface area contributed by atoms with Crippen LogP contribution in [0.5, 0.6) is 0 Å². The second-order valence-electron chi connectivity index (χ2n) is 5.55. The summed E-state index contributed by atoms with van der Waals surface area (Å²) in [4.78, 5) is 4.38. The van der Waals surface area contributed by atoms with Gasteiger partial charge < -0.3 is 10.3 Å². The predicted octanol–water partition coefficient (Wildman–Crippen LogP) is 3.13. The van der Waals surface area contributed by atoms with Crippen molar-refractivity contribution >= 4 is 5.82 Å². The van der Waals surface area contributed by atoms with Gasteiger partial charge in [0.2, 0.25) is 5.82 Å². The van der Waals surface area contributed by atoms with E-state index in [1.54, 1.807) is 4.68 Å². The Morgan fingerprint density at radius 2 is 1.92 bits per heavy atom. The zero-order valence-electron chi connectivity index (χ0n) is 13.6. The van der Waals surface area contributed by atoms with E-state index in [4.69, 9.17) is 10.3 Å². The monoisotopic (exact) mass is 332 g/mol. The SMILES string of the molecule is CCc1cccc(-n2nnc(-c3nc(-c4ccccc4)no3)c2N)c1. The Kier molecular flexibility index (Phi) is 3.74. The van der Waals surface area contributed by atoms with Crippen molar-refractivity contribution in [3.05, 3.63) is 60.2 Å². The molecule has 4 aromatic rings. The number of aryl methyl sites for hydroxylation is 1. The van der Waals surface area contributed by atoms with Gasteiger partial charge in [0.05, 0.1) is 5.69 Å². The maximum atomic E-state index is 6.22. The van der Waals surface area contributed by atoms with Gasteiger partial charge in [0, 0.05) is 5.56 Å². The van der Waals surface area contributed by atoms with Crippen LogP contribution in [-0.2, 0) is 6.42 Å². The normalized spacial score (nSPS) is 10.9. The molecule has 2 aromatic heterocycles. The fourth-order valence-electron chi connectivity index (χ4n) is 2.56. The van der Waals surface area contributed by atoms with E-state index >= 15 is 0 Å². The molecule has 0 spiro atoms. The Labute approximate surface area is 144 Å². The number of nitrogen functional groups attached to an aromatic ring is 1. The van der Waals surface area contributed by atoms with Crippen LogP contribution in [0.25, 0.3) is 28.7 Å². The molecule has 0 saturated heterocycles. The fraction of sp³-hybridized carbons (Fsp3) is 0.111. The molecule has 2 aromatic carbocycles. The molecular weight excluding hydrogens is 316 g/mol. The summed E-state index contributed by atoms with van der Waals surface area (Å²) in [5, 5.41) is 12.2. The maximum absolute atomic E-state index is 6.22. The third-order valence-corrected chi connectivity index (χ3v) is 3.93. The summed E-state index contributed by atoms with van der Waals surface area (Å²) in [7, 11) is 0. The number of rotatable bonds is 4. The van der Waals surface area contributed by atoms with E-state index in [9.17, 15) is 0 Å². The summed E-state index contributed by atoms with van der Waals surface area (Å²) < 4.78 is 6.89. The minimum Gasteiger partial charge on any atom is -0.382 e. The molecule has 0 saturated carbocycles. The fourth-order valence-corrected chi connectivity index (χ4v) is 2.56. The maximum Gasteiger partial charge on any atom is 0.282 e. The number of hydrogen-bond donors (Lipinski definition) is 1. The highest BCUT2D eigenvalue weighted by atomic mass is 16.5. The predicted molar refractivity (Wildman–Crippen MR) is 93.9 cm³/mol. The number of anilines is 1. The molecule has 0 aliphatic rings. The zero-order chi connectivity index (χ0) is 17.2. The van der Waals surface area contributed by atoms with E-state index in [-0.39, 0.29) is 5.89 Å². The number of nitrogens with zero attached hydrogens (tertiary/aromatic N) is 5. The van der Waals surface area contributed by atoms with Crippen molar-refractivity contribution in [3.8, 4) is 28.7 Å². The van der Waals surface area contributed by atoms with E-state index in [1.807, 2.05) is 48.5 Å². The minimum absolute atomic E-state index is 0.245. The van der Waals surface area contributed by atoms with Gasteiger partial charge in [-0.05, 0) is 24.1 Å². The van der Waals surface area contributed by atoms with Gasteiger partial charge in [-0.25, -0.2) is 0 Å². The van der Waals surface area contributed by atoms with Crippen LogP contribution in [0.1, 0.15) is 12.5 Å². The third-order valence-electron chi connectivity index (χ3n) is 3.93. The van der Waals surface area contributed by atoms with Crippen LogP contribution in [0, 0.1) is 0 Å². The largest absolute Gasteiger partial charge is 0.382 e. The molecular formula is C18H16N6O. The summed E-state index contributed by atoms with van der Waals surface area (Å²) in [5.74, 6) is 1.09. The molecule has 0 radical (unpaired) electrons. The Morgan fingerprint density at radius 1 is 1.08 bits per heavy atom. The standard InChI is InChI=1S/C18H16N6O/c1-2-12-7-6-10-14(11-12)24-16(19)15(21-23-24)18-20-17(22-25-18)13-8-4-3-5-9-13/h3-11H,2,19H2,1H3. The van der Waals surface area contributed by atoms with Gasteiger partial charge in [0.25, 0.3) is 5.89 Å². The van der Waals surface area contributed by atoms with Gasteiger partial charge in [-0.3, -0.25) is 0 Å². The Morgan fingerprint density at radius 3 is 2.72 bits per heavy atom. The molecule has 0 fully saturated rings. The second-order valence-corrected chi connectivity index (χ2v) is 5.55. The Hall–Kier alpha value is -3.48. The lowest BCUT2D eigenvalue weighted by atomic mass is 10.1. The van der Waals surface area contributed by atoms with Crippen molar-refractivity contribution in [3.63, 3.8) is 0 Å². The van der Waals surface area contributed by atoms with Gasteiger partial charge in [0.1, 0.15) is 0 Å². The molecule has 2 N–H and O–H groups in total. The van der Waals surface area contributed by atoms with Crippen LogP contribution >= 0.6 is 0 Å². The topological polar surface area (TPSA) is 95.6 Å². The smallest absolute Gasteiger partial charge is 0.282 e. The Balaban J connectivity index is 1.71. The molecule has 0 amide bonds. The summed E-state index contributed by atoms with van der Waals surface area (Å²) in [6.07, 6.45) is 0.930. The summed E-state index contributed by atoms with van der Waals surface area (Å²) in [5.41, 5.74) is 9.49. The first-order valence-corrected chi connectivity index (χ1v) is 7.96. The van der Waals surface area contributed by atoms with E-state index in [0.717, 1.165) is 17.7 Å². The number of nitrogens with two attached hydrogens (primary N) is 1. The molecule has 7 nitrogen and oxygen atoms in total. The minimum atomic E-state index is 0.245. The quantitative estimate of drug-likeness (QED) is 0.617. The first-order valence-electron chi connectivity index (χ1n) is 7.96. The van der Waals surface area contributed by atoms with Crippen LogP contribution in [-0.4, -0.2) is 25.1 Å². The van der Waals surface area contributed by atoms with E-state index in [0.29, 0.717) is 17.3 Å². The molecule has 0 atom stereocenters. The molecule has 0 unspecified atom stereocenters. The number of benzene rings is 2. The lowest BCUT2D eigenvalue weighted by molar-refractivity contribution is 0.431. The molecule has 7 heteroatoms. The van der Waals surface area contributed by atoms with E-state index < -0.39 is 0 Å². The van der Waals surface area contributed by atoms with Crippen molar-refractivity contribution in [1.82, 2.24) is 25.1 Å². The van der Waals surface area contributed by atoms with Crippen molar-refractivity contribution < 1.29 is 4.52 Å². The first-order chi connectivity index (χ1) is 12.3. The summed E-state index contributed by atoms with van der Waals surface area (Å²) in [6.45, 7) is 2.10. The van der Waals surface area contributed by atoms with Gasteiger partial charge in [-0.2, -0.15) is 9.67 Å².